The minimum Gasteiger partial charge on any atom is -0.309 e. The molecular weight excluding hydrogens is 228 g/mol. The fourth-order valence-electron chi connectivity index (χ4n) is 0.934. The van der Waals surface area contributed by atoms with E-state index in [4.69, 9.17) is 11.6 Å². The highest BCUT2D eigenvalue weighted by Gasteiger charge is 2.11. The predicted octanol–water partition coefficient (Wildman–Crippen LogP) is 1.46. The summed E-state index contributed by atoms with van der Waals surface area (Å²) >= 11 is 5.66. The van der Waals surface area contributed by atoms with E-state index in [9.17, 15) is 4.79 Å². The quantitative estimate of drug-likeness (QED) is 0.788. The Morgan fingerprint density at radius 3 is 2.69 bits per heavy atom. The molecular formula is C10H15ClN4O. The molecule has 0 atom stereocenters. The maximum atomic E-state index is 11.5. The lowest BCUT2D eigenvalue weighted by atomic mass is 10.1. The molecule has 0 aliphatic rings. The number of nitrogens with one attached hydrogen (secondary N) is 2. The third-order valence-electron chi connectivity index (χ3n) is 1.68. The van der Waals surface area contributed by atoms with Crippen LogP contribution in [0.1, 0.15) is 20.8 Å². The van der Waals surface area contributed by atoms with Gasteiger partial charge < -0.3 is 10.6 Å². The lowest BCUT2D eigenvalue weighted by Gasteiger charge is -2.19. The number of anilines is 1. The third kappa shape index (κ3) is 5.04. The molecule has 16 heavy (non-hydrogen) atoms. The van der Waals surface area contributed by atoms with E-state index in [1.807, 2.05) is 20.8 Å². The standard InChI is InChI=1S/C10H15ClN4O/c1-10(2,3)14-5-9(16)15-8-4-7(11)12-6-13-8/h4,6,14H,5H2,1-3H3,(H,12,13,15,16). The molecule has 1 rings (SSSR count). The maximum absolute atomic E-state index is 11.5. The molecule has 0 saturated carbocycles. The van der Waals surface area contributed by atoms with Crippen LogP contribution in [0.2, 0.25) is 5.15 Å². The van der Waals surface area contributed by atoms with E-state index in [1.54, 1.807) is 0 Å². The van der Waals surface area contributed by atoms with Crippen molar-refractivity contribution >= 4 is 23.3 Å². The Balaban J connectivity index is 2.46. The van der Waals surface area contributed by atoms with E-state index >= 15 is 0 Å². The Kier molecular flexibility index (Phi) is 4.20. The first kappa shape index (κ1) is 12.9. The monoisotopic (exact) mass is 242 g/mol. The Labute approximate surface area is 99.6 Å². The molecule has 6 heteroatoms. The fraction of sp³-hybridized carbons (Fsp3) is 0.500. The number of aromatic nitrogens is 2. The topological polar surface area (TPSA) is 66.9 Å². The van der Waals surface area contributed by atoms with Crippen LogP contribution in [0, 0.1) is 0 Å². The number of hydrogen-bond donors (Lipinski definition) is 2. The van der Waals surface area contributed by atoms with Crippen LogP contribution in [0.4, 0.5) is 5.82 Å². The van der Waals surface area contributed by atoms with Gasteiger partial charge in [0.2, 0.25) is 5.91 Å². The first-order valence-electron chi connectivity index (χ1n) is 4.89. The summed E-state index contributed by atoms with van der Waals surface area (Å²) in [6, 6.07) is 1.50. The highest BCUT2D eigenvalue weighted by atomic mass is 35.5. The minimum atomic E-state index is -0.162. The molecule has 0 spiro atoms. The van der Waals surface area contributed by atoms with Gasteiger partial charge in [-0.2, -0.15) is 0 Å². The van der Waals surface area contributed by atoms with Crippen LogP contribution in [-0.2, 0) is 4.79 Å². The zero-order valence-electron chi connectivity index (χ0n) is 9.54. The molecule has 0 radical (unpaired) electrons. The van der Waals surface area contributed by atoms with Gasteiger partial charge in [-0.15, -0.1) is 0 Å². The van der Waals surface area contributed by atoms with Gasteiger partial charge in [0.15, 0.2) is 0 Å². The van der Waals surface area contributed by atoms with Crippen molar-refractivity contribution in [2.75, 3.05) is 11.9 Å². The van der Waals surface area contributed by atoms with Gasteiger partial charge in [-0.05, 0) is 20.8 Å². The molecule has 0 aliphatic carbocycles. The Morgan fingerprint density at radius 2 is 2.12 bits per heavy atom. The van der Waals surface area contributed by atoms with Crippen LogP contribution in [0.15, 0.2) is 12.4 Å². The van der Waals surface area contributed by atoms with Crippen molar-refractivity contribution in [3.05, 3.63) is 17.5 Å². The maximum Gasteiger partial charge on any atom is 0.239 e. The van der Waals surface area contributed by atoms with Crippen molar-refractivity contribution in [1.29, 1.82) is 0 Å². The summed E-state index contributed by atoms with van der Waals surface area (Å²) in [6.07, 6.45) is 1.30. The summed E-state index contributed by atoms with van der Waals surface area (Å²) in [5.74, 6) is 0.241. The summed E-state index contributed by atoms with van der Waals surface area (Å²) in [4.78, 5) is 19.1. The van der Waals surface area contributed by atoms with Crippen molar-refractivity contribution in [3.63, 3.8) is 0 Å². The smallest absolute Gasteiger partial charge is 0.239 e. The summed E-state index contributed by atoms with van der Waals surface area (Å²) in [7, 11) is 0. The molecule has 0 saturated heterocycles. The second-order valence-electron chi connectivity index (χ2n) is 4.38. The molecule has 2 N–H and O–H groups in total. The number of hydrogen-bond acceptors (Lipinski definition) is 4. The zero-order chi connectivity index (χ0) is 12.2. The largest absolute Gasteiger partial charge is 0.309 e. The van der Waals surface area contributed by atoms with Crippen LogP contribution < -0.4 is 10.6 Å². The fourth-order valence-corrected chi connectivity index (χ4v) is 1.08. The number of carbonyl (C=O) groups excluding carboxylic acids is 1. The van der Waals surface area contributed by atoms with Crippen molar-refractivity contribution in [2.45, 2.75) is 26.3 Å². The molecule has 1 aromatic rings. The van der Waals surface area contributed by atoms with Gasteiger partial charge >= 0.3 is 0 Å². The SMILES string of the molecule is CC(C)(C)NCC(=O)Nc1cc(Cl)ncn1. The number of nitrogens with zero attached hydrogens (tertiary/aromatic N) is 2. The average Bonchev–Trinajstić information content (AvgIpc) is 2.14. The van der Waals surface area contributed by atoms with Crippen LogP contribution in [0.3, 0.4) is 0 Å². The Hall–Kier alpha value is -1.20. The summed E-state index contributed by atoms with van der Waals surface area (Å²) in [5.41, 5.74) is -0.0966. The van der Waals surface area contributed by atoms with Gasteiger partial charge in [0.05, 0.1) is 6.54 Å². The van der Waals surface area contributed by atoms with Crippen molar-refractivity contribution < 1.29 is 4.79 Å². The molecule has 5 nitrogen and oxygen atoms in total. The normalized spacial score (nSPS) is 11.2. The number of rotatable bonds is 3. The van der Waals surface area contributed by atoms with Crippen LogP contribution >= 0.6 is 11.6 Å². The molecule has 88 valence electrons. The second kappa shape index (κ2) is 5.23. The van der Waals surface area contributed by atoms with Crippen LogP contribution in [0.25, 0.3) is 0 Å². The van der Waals surface area contributed by atoms with E-state index in [2.05, 4.69) is 20.6 Å². The van der Waals surface area contributed by atoms with E-state index in [0.717, 1.165) is 0 Å². The highest BCUT2D eigenvalue weighted by molar-refractivity contribution is 6.29. The van der Waals surface area contributed by atoms with Gasteiger partial charge in [0.25, 0.3) is 0 Å². The first-order valence-corrected chi connectivity index (χ1v) is 5.27. The summed E-state index contributed by atoms with van der Waals surface area (Å²) in [5, 5.41) is 5.99. The lowest BCUT2D eigenvalue weighted by Crippen LogP contribution is -2.41. The van der Waals surface area contributed by atoms with Crippen LogP contribution in [0.5, 0.6) is 0 Å². The number of amides is 1. The lowest BCUT2D eigenvalue weighted by molar-refractivity contribution is -0.115. The molecule has 0 unspecified atom stereocenters. The number of carbonyl (C=O) groups is 1. The van der Waals surface area contributed by atoms with Crippen molar-refractivity contribution in [3.8, 4) is 0 Å². The average molecular weight is 243 g/mol. The molecule has 1 aromatic heterocycles. The van der Waals surface area contributed by atoms with Gasteiger partial charge in [0.1, 0.15) is 17.3 Å². The molecule has 0 aliphatic heterocycles. The van der Waals surface area contributed by atoms with Gasteiger partial charge in [-0.3, -0.25) is 4.79 Å². The van der Waals surface area contributed by atoms with Crippen LogP contribution in [-0.4, -0.2) is 28.0 Å². The van der Waals surface area contributed by atoms with E-state index in [1.165, 1.54) is 12.4 Å². The number of halogens is 1. The molecule has 0 bridgehead atoms. The van der Waals surface area contributed by atoms with Gasteiger partial charge in [0, 0.05) is 11.6 Å². The van der Waals surface area contributed by atoms with E-state index in [0.29, 0.717) is 11.0 Å². The molecule has 1 heterocycles. The van der Waals surface area contributed by atoms with Gasteiger partial charge in [-0.25, -0.2) is 9.97 Å². The van der Waals surface area contributed by atoms with E-state index < -0.39 is 0 Å². The zero-order valence-corrected chi connectivity index (χ0v) is 10.3. The first-order chi connectivity index (χ1) is 7.37. The van der Waals surface area contributed by atoms with Gasteiger partial charge in [-0.1, -0.05) is 11.6 Å². The summed E-state index contributed by atoms with van der Waals surface area (Å²) < 4.78 is 0. The van der Waals surface area contributed by atoms with Crippen molar-refractivity contribution in [1.82, 2.24) is 15.3 Å². The predicted molar refractivity (Wildman–Crippen MR) is 63.4 cm³/mol. The third-order valence-corrected chi connectivity index (χ3v) is 1.89. The second-order valence-corrected chi connectivity index (χ2v) is 4.76. The van der Waals surface area contributed by atoms with Crippen molar-refractivity contribution in [2.24, 2.45) is 0 Å². The minimum absolute atomic E-state index is 0.0966. The Morgan fingerprint density at radius 1 is 1.44 bits per heavy atom. The molecule has 1 amide bonds. The summed E-state index contributed by atoms with van der Waals surface area (Å²) in [6.45, 7) is 6.19. The van der Waals surface area contributed by atoms with E-state index in [-0.39, 0.29) is 18.0 Å². The molecule has 0 fully saturated rings. The highest BCUT2D eigenvalue weighted by Crippen LogP contribution is 2.08. The Bertz CT molecular complexity index is 375. The molecule has 0 aromatic carbocycles.